The van der Waals surface area contributed by atoms with Crippen LogP contribution in [0.1, 0.15) is 22.8 Å². The van der Waals surface area contributed by atoms with E-state index in [0.717, 1.165) is 0 Å². The molecule has 0 saturated heterocycles. The molecule has 0 aliphatic rings. The first-order valence-corrected chi connectivity index (χ1v) is 7.06. The lowest BCUT2D eigenvalue weighted by Gasteiger charge is -2.09. The highest BCUT2D eigenvalue weighted by Crippen LogP contribution is 2.25. The maximum Gasteiger partial charge on any atom is 0.228 e. The first-order chi connectivity index (χ1) is 9.97. The Labute approximate surface area is 132 Å². The number of rotatable bonds is 4. The molecule has 0 bridgehead atoms. The van der Waals surface area contributed by atoms with Crippen molar-refractivity contribution in [3.05, 3.63) is 63.6 Å². The average Bonchev–Trinajstić information content (AvgIpc) is 2.43. The molecule has 0 saturated carbocycles. The van der Waals surface area contributed by atoms with Crippen molar-refractivity contribution < 1.29 is 9.59 Å². The number of amides is 1. The highest BCUT2D eigenvalue weighted by atomic mass is 35.5. The number of Topliss-reactive ketones (excluding diaryl/α,β-unsaturated/α-hetero) is 1. The van der Waals surface area contributed by atoms with E-state index in [1.54, 1.807) is 42.5 Å². The van der Waals surface area contributed by atoms with Crippen molar-refractivity contribution in [1.82, 2.24) is 0 Å². The fraction of sp³-hybridized carbons (Fsp3) is 0.125. The number of hydrogen-bond donors (Lipinski definition) is 1. The third-order valence-electron chi connectivity index (χ3n) is 2.95. The number of carbonyl (C=O) groups is 2. The van der Waals surface area contributed by atoms with Gasteiger partial charge in [0.2, 0.25) is 5.91 Å². The number of ketones is 1. The van der Waals surface area contributed by atoms with Gasteiger partial charge in [-0.3, -0.25) is 9.59 Å². The van der Waals surface area contributed by atoms with Crippen molar-refractivity contribution in [3.8, 4) is 0 Å². The van der Waals surface area contributed by atoms with Gasteiger partial charge in [-0.2, -0.15) is 0 Å². The number of anilines is 1. The van der Waals surface area contributed by atoms with Gasteiger partial charge in [-0.05, 0) is 36.8 Å². The maximum atomic E-state index is 12.1. The van der Waals surface area contributed by atoms with E-state index in [1.807, 2.05) is 0 Å². The van der Waals surface area contributed by atoms with Crippen LogP contribution in [-0.4, -0.2) is 11.7 Å². The summed E-state index contributed by atoms with van der Waals surface area (Å²) in [6.45, 7) is 1.48. The van der Waals surface area contributed by atoms with E-state index in [-0.39, 0.29) is 18.1 Å². The van der Waals surface area contributed by atoms with Crippen LogP contribution in [0.2, 0.25) is 10.0 Å². The Bertz CT molecular complexity index is 678. The molecule has 0 heterocycles. The Morgan fingerprint density at radius 1 is 1.05 bits per heavy atom. The van der Waals surface area contributed by atoms with Crippen molar-refractivity contribution in [2.24, 2.45) is 0 Å². The molecule has 0 radical (unpaired) electrons. The number of benzene rings is 2. The van der Waals surface area contributed by atoms with E-state index in [2.05, 4.69) is 5.32 Å². The van der Waals surface area contributed by atoms with Gasteiger partial charge in [0.25, 0.3) is 0 Å². The molecule has 1 amide bonds. The summed E-state index contributed by atoms with van der Waals surface area (Å²) in [6, 6.07) is 11.9. The summed E-state index contributed by atoms with van der Waals surface area (Å²) in [6.07, 6.45) is 0.0722. The minimum atomic E-state index is -0.245. The highest BCUT2D eigenvalue weighted by Gasteiger charge is 2.11. The second-order valence-corrected chi connectivity index (χ2v) is 5.38. The molecule has 0 atom stereocenters. The van der Waals surface area contributed by atoms with E-state index in [9.17, 15) is 9.59 Å². The highest BCUT2D eigenvalue weighted by molar-refractivity contribution is 6.36. The zero-order chi connectivity index (χ0) is 15.4. The SMILES string of the molecule is CC(=O)c1cccc(NC(=O)Cc2c(Cl)cccc2Cl)c1. The molecule has 0 fully saturated rings. The Morgan fingerprint density at radius 2 is 1.67 bits per heavy atom. The molecular weight excluding hydrogens is 309 g/mol. The second-order valence-electron chi connectivity index (χ2n) is 4.56. The smallest absolute Gasteiger partial charge is 0.228 e. The third-order valence-corrected chi connectivity index (χ3v) is 3.66. The Balaban J connectivity index is 2.12. The molecule has 2 rings (SSSR count). The maximum absolute atomic E-state index is 12.1. The summed E-state index contributed by atoms with van der Waals surface area (Å²) >= 11 is 12.1. The predicted octanol–water partition coefficient (Wildman–Crippen LogP) is 4.38. The summed E-state index contributed by atoms with van der Waals surface area (Å²) in [5.41, 5.74) is 1.69. The third kappa shape index (κ3) is 4.06. The molecule has 0 spiro atoms. The molecule has 5 heteroatoms. The van der Waals surface area contributed by atoms with Crippen LogP contribution in [-0.2, 0) is 11.2 Å². The zero-order valence-corrected chi connectivity index (χ0v) is 12.8. The van der Waals surface area contributed by atoms with Crippen LogP contribution in [0.4, 0.5) is 5.69 Å². The molecule has 3 nitrogen and oxygen atoms in total. The fourth-order valence-electron chi connectivity index (χ4n) is 1.88. The van der Waals surface area contributed by atoms with Gasteiger partial charge in [0.15, 0.2) is 5.78 Å². The van der Waals surface area contributed by atoms with Gasteiger partial charge in [0.1, 0.15) is 0 Å². The van der Waals surface area contributed by atoms with Gasteiger partial charge in [0.05, 0.1) is 6.42 Å². The van der Waals surface area contributed by atoms with E-state index in [1.165, 1.54) is 6.92 Å². The lowest BCUT2D eigenvalue weighted by molar-refractivity contribution is -0.115. The summed E-state index contributed by atoms with van der Waals surface area (Å²) < 4.78 is 0. The van der Waals surface area contributed by atoms with E-state index >= 15 is 0 Å². The van der Waals surface area contributed by atoms with Gasteiger partial charge in [-0.1, -0.05) is 41.4 Å². The molecule has 2 aromatic rings. The minimum absolute atomic E-state index is 0.0553. The Morgan fingerprint density at radius 3 is 2.29 bits per heavy atom. The monoisotopic (exact) mass is 321 g/mol. The van der Waals surface area contributed by atoms with Crippen LogP contribution in [0.25, 0.3) is 0 Å². The van der Waals surface area contributed by atoms with Gasteiger partial charge in [0, 0.05) is 21.3 Å². The van der Waals surface area contributed by atoms with Crippen molar-refractivity contribution in [1.29, 1.82) is 0 Å². The van der Waals surface area contributed by atoms with Crippen molar-refractivity contribution in [2.45, 2.75) is 13.3 Å². The van der Waals surface area contributed by atoms with Crippen molar-refractivity contribution in [3.63, 3.8) is 0 Å². The first kappa shape index (κ1) is 15.5. The van der Waals surface area contributed by atoms with Crippen LogP contribution < -0.4 is 5.32 Å². The molecule has 1 N–H and O–H groups in total. The molecule has 0 unspecified atom stereocenters. The molecule has 0 aliphatic heterocycles. The van der Waals surface area contributed by atoms with E-state index in [0.29, 0.717) is 26.9 Å². The van der Waals surface area contributed by atoms with E-state index in [4.69, 9.17) is 23.2 Å². The number of carbonyl (C=O) groups excluding carboxylic acids is 2. The zero-order valence-electron chi connectivity index (χ0n) is 11.3. The molecule has 2 aromatic carbocycles. The van der Waals surface area contributed by atoms with E-state index < -0.39 is 0 Å². The summed E-state index contributed by atoms with van der Waals surface area (Å²) in [5, 5.41) is 3.64. The van der Waals surface area contributed by atoms with Crippen LogP contribution >= 0.6 is 23.2 Å². The van der Waals surface area contributed by atoms with Crippen LogP contribution in [0.15, 0.2) is 42.5 Å². The number of halogens is 2. The van der Waals surface area contributed by atoms with Crippen LogP contribution in [0.5, 0.6) is 0 Å². The van der Waals surface area contributed by atoms with Gasteiger partial charge in [-0.15, -0.1) is 0 Å². The van der Waals surface area contributed by atoms with Crippen molar-refractivity contribution >= 4 is 40.6 Å². The second kappa shape index (κ2) is 6.74. The molecular formula is C16H13Cl2NO2. The summed E-state index contributed by atoms with van der Waals surface area (Å²) in [4.78, 5) is 23.4. The normalized spacial score (nSPS) is 10.2. The molecule has 0 aromatic heterocycles. The quantitative estimate of drug-likeness (QED) is 0.849. The Hall–Kier alpha value is -1.84. The number of hydrogen-bond acceptors (Lipinski definition) is 2. The minimum Gasteiger partial charge on any atom is -0.326 e. The lowest BCUT2D eigenvalue weighted by Crippen LogP contribution is -2.15. The molecule has 108 valence electrons. The summed E-state index contributed by atoms with van der Waals surface area (Å²) in [7, 11) is 0. The standard InChI is InChI=1S/C16H13Cl2NO2/c1-10(20)11-4-2-5-12(8-11)19-16(21)9-13-14(17)6-3-7-15(13)18/h2-8H,9H2,1H3,(H,19,21). The molecule has 0 aliphatic carbocycles. The van der Waals surface area contributed by atoms with Crippen molar-refractivity contribution in [2.75, 3.05) is 5.32 Å². The Kier molecular flexibility index (Phi) is 4.99. The number of nitrogens with one attached hydrogen (secondary N) is 1. The topological polar surface area (TPSA) is 46.2 Å². The first-order valence-electron chi connectivity index (χ1n) is 6.31. The predicted molar refractivity (Wildman–Crippen MR) is 85.2 cm³/mol. The summed E-state index contributed by atoms with van der Waals surface area (Å²) in [5.74, 6) is -0.300. The van der Waals surface area contributed by atoms with Crippen LogP contribution in [0.3, 0.4) is 0 Å². The van der Waals surface area contributed by atoms with Crippen LogP contribution in [0, 0.1) is 0 Å². The van der Waals surface area contributed by atoms with Gasteiger partial charge < -0.3 is 5.32 Å². The van der Waals surface area contributed by atoms with Gasteiger partial charge in [-0.25, -0.2) is 0 Å². The fourth-order valence-corrected chi connectivity index (χ4v) is 2.41. The lowest BCUT2D eigenvalue weighted by atomic mass is 10.1. The molecule has 21 heavy (non-hydrogen) atoms. The largest absolute Gasteiger partial charge is 0.326 e. The van der Waals surface area contributed by atoms with Gasteiger partial charge >= 0.3 is 0 Å². The average molecular weight is 322 g/mol.